The van der Waals surface area contributed by atoms with E-state index < -0.39 is 0 Å². The number of carbonyl (C=O) groups is 1. The van der Waals surface area contributed by atoms with Gasteiger partial charge >= 0.3 is 0 Å². The Morgan fingerprint density at radius 3 is 2.53 bits per heavy atom. The summed E-state index contributed by atoms with van der Waals surface area (Å²) in [7, 11) is 0. The third-order valence-electron chi connectivity index (χ3n) is 5.37. The average molecular weight is 415 g/mol. The predicted octanol–water partition coefficient (Wildman–Crippen LogP) is 3.05. The SMILES string of the molecule is CC(CN1CCOCC1)N(Cc1ccccc1)C(=O)CCc1nc(C(C)(C)C)no1. The van der Waals surface area contributed by atoms with E-state index in [1.54, 1.807) is 0 Å². The lowest BCUT2D eigenvalue weighted by Gasteiger charge is -2.35. The van der Waals surface area contributed by atoms with E-state index in [-0.39, 0.29) is 17.4 Å². The van der Waals surface area contributed by atoms with Crippen LogP contribution in [0.25, 0.3) is 0 Å². The van der Waals surface area contributed by atoms with E-state index in [9.17, 15) is 4.79 Å². The van der Waals surface area contributed by atoms with Gasteiger partial charge in [0.05, 0.1) is 13.2 Å². The highest BCUT2D eigenvalue weighted by molar-refractivity contribution is 5.76. The van der Waals surface area contributed by atoms with E-state index in [0.717, 1.165) is 38.4 Å². The highest BCUT2D eigenvalue weighted by Crippen LogP contribution is 2.19. The maximum absolute atomic E-state index is 13.2. The van der Waals surface area contributed by atoms with Gasteiger partial charge in [-0.1, -0.05) is 56.3 Å². The molecule has 3 rings (SSSR count). The van der Waals surface area contributed by atoms with Gasteiger partial charge < -0.3 is 14.2 Å². The minimum absolute atomic E-state index is 0.101. The highest BCUT2D eigenvalue weighted by atomic mass is 16.5. The van der Waals surface area contributed by atoms with Crippen molar-refractivity contribution in [2.75, 3.05) is 32.8 Å². The summed E-state index contributed by atoms with van der Waals surface area (Å²) in [6.07, 6.45) is 0.809. The lowest BCUT2D eigenvalue weighted by Crippen LogP contribution is -2.48. The van der Waals surface area contributed by atoms with Gasteiger partial charge in [-0.2, -0.15) is 4.98 Å². The number of ether oxygens (including phenoxy) is 1. The molecule has 1 fully saturated rings. The summed E-state index contributed by atoms with van der Waals surface area (Å²) < 4.78 is 10.8. The molecule has 2 heterocycles. The molecule has 7 heteroatoms. The van der Waals surface area contributed by atoms with E-state index in [1.807, 2.05) is 43.9 Å². The number of hydrogen-bond donors (Lipinski definition) is 0. The maximum Gasteiger partial charge on any atom is 0.227 e. The van der Waals surface area contributed by atoms with Crippen LogP contribution in [0.3, 0.4) is 0 Å². The first-order valence-corrected chi connectivity index (χ1v) is 10.8. The van der Waals surface area contributed by atoms with E-state index in [4.69, 9.17) is 9.26 Å². The van der Waals surface area contributed by atoms with Crippen LogP contribution in [0.5, 0.6) is 0 Å². The number of aryl methyl sites for hydroxylation is 1. The molecule has 1 aliphatic heterocycles. The second-order valence-electron chi connectivity index (χ2n) is 9.03. The molecule has 1 aliphatic rings. The number of nitrogens with zero attached hydrogens (tertiary/aromatic N) is 4. The smallest absolute Gasteiger partial charge is 0.227 e. The lowest BCUT2D eigenvalue weighted by molar-refractivity contribution is -0.134. The summed E-state index contributed by atoms with van der Waals surface area (Å²) in [6.45, 7) is 13.0. The Kier molecular flexibility index (Phi) is 7.61. The minimum Gasteiger partial charge on any atom is -0.379 e. The van der Waals surface area contributed by atoms with Gasteiger partial charge in [0, 0.05) is 50.5 Å². The first kappa shape index (κ1) is 22.4. The summed E-state index contributed by atoms with van der Waals surface area (Å²) in [5, 5.41) is 4.06. The molecule has 7 nitrogen and oxygen atoms in total. The molecular weight excluding hydrogens is 380 g/mol. The van der Waals surface area contributed by atoms with Gasteiger partial charge in [0.2, 0.25) is 11.8 Å². The Morgan fingerprint density at radius 2 is 1.90 bits per heavy atom. The van der Waals surface area contributed by atoms with Gasteiger partial charge in [-0.25, -0.2) is 0 Å². The molecular formula is C23H34N4O3. The molecule has 164 valence electrons. The van der Waals surface area contributed by atoms with Crippen molar-refractivity contribution in [1.29, 1.82) is 0 Å². The first-order valence-electron chi connectivity index (χ1n) is 10.8. The zero-order chi connectivity index (χ0) is 21.6. The fraction of sp³-hybridized carbons (Fsp3) is 0.609. The van der Waals surface area contributed by atoms with Gasteiger partial charge in [0.25, 0.3) is 0 Å². The molecule has 1 unspecified atom stereocenters. The summed E-state index contributed by atoms with van der Waals surface area (Å²) in [6, 6.07) is 10.2. The van der Waals surface area contributed by atoms with Crippen molar-refractivity contribution < 1.29 is 14.1 Å². The van der Waals surface area contributed by atoms with Crippen molar-refractivity contribution in [2.45, 2.75) is 58.5 Å². The van der Waals surface area contributed by atoms with Crippen LogP contribution in [0.2, 0.25) is 0 Å². The Morgan fingerprint density at radius 1 is 1.20 bits per heavy atom. The van der Waals surface area contributed by atoms with Crippen molar-refractivity contribution in [2.24, 2.45) is 0 Å². The molecule has 0 aliphatic carbocycles. The molecule has 0 spiro atoms. The largest absolute Gasteiger partial charge is 0.379 e. The number of carbonyl (C=O) groups excluding carboxylic acids is 1. The fourth-order valence-corrected chi connectivity index (χ4v) is 3.54. The van der Waals surface area contributed by atoms with Crippen molar-refractivity contribution in [3.05, 3.63) is 47.6 Å². The van der Waals surface area contributed by atoms with Crippen molar-refractivity contribution in [3.63, 3.8) is 0 Å². The molecule has 0 radical (unpaired) electrons. The lowest BCUT2D eigenvalue weighted by atomic mass is 9.96. The standard InChI is InChI=1S/C23H34N4O3/c1-18(16-26-12-14-29-15-13-26)27(17-19-8-6-5-7-9-19)21(28)11-10-20-24-22(25-30-20)23(2,3)4/h5-9,18H,10-17H2,1-4H3. The summed E-state index contributed by atoms with van der Waals surface area (Å²) in [4.78, 5) is 22.0. The second-order valence-corrected chi connectivity index (χ2v) is 9.03. The molecule has 0 saturated carbocycles. The molecule has 2 aromatic rings. The maximum atomic E-state index is 13.2. The first-order chi connectivity index (χ1) is 14.3. The van der Waals surface area contributed by atoms with Gasteiger partial charge in [-0.15, -0.1) is 0 Å². The van der Waals surface area contributed by atoms with Gasteiger partial charge in [-0.3, -0.25) is 9.69 Å². The third kappa shape index (κ3) is 6.37. The van der Waals surface area contributed by atoms with E-state index in [1.165, 1.54) is 0 Å². The Balaban J connectivity index is 1.65. The van der Waals surface area contributed by atoms with E-state index in [2.05, 4.69) is 34.1 Å². The Hall–Kier alpha value is -2.25. The van der Waals surface area contributed by atoms with Crippen molar-refractivity contribution >= 4 is 5.91 Å². The van der Waals surface area contributed by atoms with Crippen LogP contribution in [0.4, 0.5) is 0 Å². The monoisotopic (exact) mass is 414 g/mol. The van der Waals surface area contributed by atoms with Crippen LogP contribution in [0.15, 0.2) is 34.9 Å². The minimum atomic E-state index is -0.169. The summed E-state index contributed by atoms with van der Waals surface area (Å²) in [5.74, 6) is 1.30. The average Bonchev–Trinajstić information content (AvgIpc) is 3.21. The number of hydrogen-bond acceptors (Lipinski definition) is 6. The topological polar surface area (TPSA) is 71.7 Å². The molecule has 1 aromatic carbocycles. The van der Waals surface area contributed by atoms with Gasteiger partial charge in [-0.05, 0) is 12.5 Å². The third-order valence-corrected chi connectivity index (χ3v) is 5.37. The zero-order valence-electron chi connectivity index (χ0n) is 18.6. The second kappa shape index (κ2) is 10.2. The van der Waals surface area contributed by atoms with Crippen LogP contribution >= 0.6 is 0 Å². The van der Waals surface area contributed by atoms with Crippen molar-refractivity contribution in [3.8, 4) is 0 Å². The van der Waals surface area contributed by atoms with Gasteiger partial charge in [0.15, 0.2) is 5.82 Å². The van der Waals surface area contributed by atoms with Crippen molar-refractivity contribution in [1.82, 2.24) is 19.9 Å². The number of benzene rings is 1. The fourth-order valence-electron chi connectivity index (χ4n) is 3.54. The molecule has 30 heavy (non-hydrogen) atoms. The van der Waals surface area contributed by atoms with Crippen LogP contribution in [0, 0.1) is 0 Å². The van der Waals surface area contributed by atoms with Gasteiger partial charge in [0.1, 0.15) is 0 Å². The van der Waals surface area contributed by atoms with E-state index in [0.29, 0.717) is 31.1 Å². The molecule has 1 saturated heterocycles. The Labute approximate surface area is 179 Å². The number of aromatic nitrogens is 2. The molecule has 1 atom stereocenters. The molecule has 0 N–H and O–H groups in total. The van der Waals surface area contributed by atoms with Crippen LogP contribution in [0.1, 0.15) is 51.4 Å². The van der Waals surface area contributed by atoms with Crippen LogP contribution < -0.4 is 0 Å². The molecule has 1 amide bonds. The predicted molar refractivity (Wildman–Crippen MR) is 115 cm³/mol. The summed E-state index contributed by atoms with van der Waals surface area (Å²) in [5.41, 5.74) is 0.963. The molecule has 0 bridgehead atoms. The van der Waals surface area contributed by atoms with Crippen LogP contribution in [-0.2, 0) is 27.9 Å². The highest BCUT2D eigenvalue weighted by Gasteiger charge is 2.25. The van der Waals surface area contributed by atoms with E-state index >= 15 is 0 Å². The molecule has 1 aromatic heterocycles. The quantitative estimate of drug-likeness (QED) is 0.661. The summed E-state index contributed by atoms with van der Waals surface area (Å²) >= 11 is 0. The zero-order valence-corrected chi connectivity index (χ0v) is 18.6. The van der Waals surface area contributed by atoms with Crippen LogP contribution in [-0.4, -0.2) is 64.7 Å². The number of amides is 1. The number of rotatable bonds is 8. The number of morpholine rings is 1. The normalized spacial score (nSPS) is 16.4. The Bertz CT molecular complexity index is 794.